The third kappa shape index (κ3) is 3.51. The van der Waals surface area contributed by atoms with Crippen LogP contribution in [0.4, 0.5) is 5.69 Å². The highest BCUT2D eigenvalue weighted by atomic mass is 35.5. The van der Waals surface area contributed by atoms with Gasteiger partial charge in [0.2, 0.25) is 0 Å². The summed E-state index contributed by atoms with van der Waals surface area (Å²) in [6, 6.07) is 5.65. The summed E-state index contributed by atoms with van der Waals surface area (Å²) in [5.74, 6) is 1.50. The second kappa shape index (κ2) is 6.12. The maximum atomic E-state index is 6.13. The van der Waals surface area contributed by atoms with Gasteiger partial charge in [-0.2, -0.15) is 0 Å². The number of hydrogen-bond acceptors (Lipinski definition) is 3. The molecule has 0 radical (unpaired) electrons. The molecule has 2 rings (SSSR count). The molecule has 0 unspecified atom stereocenters. The van der Waals surface area contributed by atoms with E-state index in [9.17, 15) is 0 Å². The van der Waals surface area contributed by atoms with Crippen LogP contribution in [0.25, 0.3) is 0 Å². The number of hydrogen-bond donors (Lipinski definition) is 1. The van der Waals surface area contributed by atoms with E-state index in [1.807, 2.05) is 18.2 Å². The van der Waals surface area contributed by atoms with Gasteiger partial charge in [0.05, 0.1) is 17.8 Å². The molecule has 17 heavy (non-hydrogen) atoms. The maximum Gasteiger partial charge on any atom is 0.121 e. The first kappa shape index (κ1) is 12.5. The van der Waals surface area contributed by atoms with Crippen molar-refractivity contribution in [1.29, 1.82) is 0 Å². The highest BCUT2D eigenvalue weighted by molar-refractivity contribution is 6.33. The molecule has 0 saturated carbocycles. The van der Waals surface area contributed by atoms with Gasteiger partial charge in [-0.1, -0.05) is 11.6 Å². The molecule has 0 atom stereocenters. The van der Waals surface area contributed by atoms with Gasteiger partial charge in [0, 0.05) is 25.8 Å². The normalized spacial score (nSPS) is 16.8. The first-order valence-corrected chi connectivity index (χ1v) is 6.32. The van der Waals surface area contributed by atoms with Crippen molar-refractivity contribution in [3.05, 3.63) is 23.2 Å². The summed E-state index contributed by atoms with van der Waals surface area (Å²) >= 11 is 6.13. The summed E-state index contributed by atoms with van der Waals surface area (Å²) in [6.45, 7) is 2.69. The molecule has 1 heterocycles. The highest BCUT2D eigenvalue weighted by Gasteiger charge is 2.13. The van der Waals surface area contributed by atoms with Crippen LogP contribution in [0.5, 0.6) is 5.75 Å². The quantitative estimate of drug-likeness (QED) is 0.896. The molecule has 0 amide bonds. The van der Waals surface area contributed by atoms with E-state index in [0.29, 0.717) is 5.92 Å². The molecule has 1 aromatic carbocycles. The van der Waals surface area contributed by atoms with Gasteiger partial charge in [0.15, 0.2) is 0 Å². The number of nitrogens with one attached hydrogen (secondary N) is 1. The Labute approximate surface area is 107 Å². The maximum absolute atomic E-state index is 6.13. The van der Waals surface area contributed by atoms with E-state index in [0.717, 1.165) is 49.1 Å². The molecule has 0 aliphatic carbocycles. The standard InChI is InChI=1S/C13H18ClNO2/c1-16-11-2-3-12(14)13(8-11)15-9-10-4-6-17-7-5-10/h2-3,8,10,15H,4-7,9H2,1H3. The minimum Gasteiger partial charge on any atom is -0.497 e. The molecular formula is C13H18ClNO2. The topological polar surface area (TPSA) is 30.5 Å². The van der Waals surface area contributed by atoms with E-state index in [2.05, 4.69) is 5.32 Å². The zero-order valence-corrected chi connectivity index (χ0v) is 10.8. The molecule has 1 N–H and O–H groups in total. The van der Waals surface area contributed by atoms with Crippen LogP contribution in [0.3, 0.4) is 0 Å². The van der Waals surface area contributed by atoms with Gasteiger partial charge in [-0.3, -0.25) is 0 Å². The van der Waals surface area contributed by atoms with Crippen LogP contribution in [0.15, 0.2) is 18.2 Å². The van der Waals surface area contributed by atoms with E-state index in [1.54, 1.807) is 7.11 Å². The molecule has 0 spiro atoms. The van der Waals surface area contributed by atoms with Crippen LogP contribution in [0, 0.1) is 5.92 Å². The number of anilines is 1. The van der Waals surface area contributed by atoms with Crippen molar-refractivity contribution in [2.24, 2.45) is 5.92 Å². The zero-order valence-electron chi connectivity index (χ0n) is 10.0. The number of halogens is 1. The predicted molar refractivity (Wildman–Crippen MR) is 70.0 cm³/mol. The molecule has 94 valence electrons. The van der Waals surface area contributed by atoms with Crippen LogP contribution in [-0.4, -0.2) is 26.9 Å². The Morgan fingerprint density at radius 3 is 2.88 bits per heavy atom. The SMILES string of the molecule is COc1ccc(Cl)c(NCC2CCOCC2)c1. The third-order valence-corrected chi connectivity index (χ3v) is 3.43. The van der Waals surface area contributed by atoms with Gasteiger partial charge < -0.3 is 14.8 Å². The molecule has 1 fully saturated rings. The minimum absolute atomic E-state index is 0.672. The fourth-order valence-electron chi connectivity index (χ4n) is 1.97. The summed E-state index contributed by atoms with van der Waals surface area (Å²) < 4.78 is 10.5. The van der Waals surface area contributed by atoms with Crippen molar-refractivity contribution in [2.75, 3.05) is 32.2 Å². The van der Waals surface area contributed by atoms with Crippen LogP contribution < -0.4 is 10.1 Å². The van der Waals surface area contributed by atoms with E-state index in [-0.39, 0.29) is 0 Å². The molecule has 0 aromatic heterocycles. The third-order valence-electron chi connectivity index (χ3n) is 3.10. The minimum atomic E-state index is 0.672. The lowest BCUT2D eigenvalue weighted by atomic mass is 10.0. The molecule has 1 aliphatic heterocycles. The number of ether oxygens (including phenoxy) is 2. The first-order valence-electron chi connectivity index (χ1n) is 5.95. The molecule has 4 heteroatoms. The van der Waals surface area contributed by atoms with E-state index in [1.165, 1.54) is 0 Å². The lowest BCUT2D eigenvalue weighted by Crippen LogP contribution is -2.22. The average Bonchev–Trinajstić information content (AvgIpc) is 2.39. The Kier molecular flexibility index (Phi) is 4.51. The number of benzene rings is 1. The molecule has 0 bridgehead atoms. The Balaban J connectivity index is 1.92. The smallest absolute Gasteiger partial charge is 0.121 e. The van der Waals surface area contributed by atoms with Gasteiger partial charge in [-0.15, -0.1) is 0 Å². The number of methoxy groups -OCH3 is 1. The van der Waals surface area contributed by atoms with E-state index < -0.39 is 0 Å². The van der Waals surface area contributed by atoms with Crippen LogP contribution >= 0.6 is 11.6 Å². The molecule has 3 nitrogen and oxygen atoms in total. The Morgan fingerprint density at radius 2 is 2.18 bits per heavy atom. The van der Waals surface area contributed by atoms with Gasteiger partial charge in [-0.25, -0.2) is 0 Å². The summed E-state index contributed by atoms with van der Waals surface area (Å²) in [6.07, 6.45) is 2.24. The van der Waals surface area contributed by atoms with Crippen LogP contribution in [0.1, 0.15) is 12.8 Å². The number of rotatable bonds is 4. The first-order chi connectivity index (χ1) is 8.29. The average molecular weight is 256 g/mol. The van der Waals surface area contributed by atoms with Crippen molar-refractivity contribution < 1.29 is 9.47 Å². The van der Waals surface area contributed by atoms with E-state index in [4.69, 9.17) is 21.1 Å². The van der Waals surface area contributed by atoms with Crippen LogP contribution in [-0.2, 0) is 4.74 Å². The van der Waals surface area contributed by atoms with E-state index >= 15 is 0 Å². The summed E-state index contributed by atoms with van der Waals surface area (Å²) in [5, 5.41) is 4.12. The Hall–Kier alpha value is -0.930. The largest absolute Gasteiger partial charge is 0.497 e. The fourth-order valence-corrected chi connectivity index (χ4v) is 2.16. The summed E-state index contributed by atoms with van der Waals surface area (Å²) in [4.78, 5) is 0. The summed E-state index contributed by atoms with van der Waals surface area (Å²) in [5.41, 5.74) is 0.942. The Morgan fingerprint density at radius 1 is 1.41 bits per heavy atom. The van der Waals surface area contributed by atoms with Gasteiger partial charge in [-0.05, 0) is 30.9 Å². The second-order valence-electron chi connectivity index (χ2n) is 4.28. The van der Waals surface area contributed by atoms with Crippen LogP contribution in [0.2, 0.25) is 5.02 Å². The van der Waals surface area contributed by atoms with Crippen molar-refractivity contribution in [2.45, 2.75) is 12.8 Å². The van der Waals surface area contributed by atoms with Gasteiger partial charge in [0.25, 0.3) is 0 Å². The van der Waals surface area contributed by atoms with Crippen molar-refractivity contribution in [3.63, 3.8) is 0 Å². The molecular weight excluding hydrogens is 238 g/mol. The van der Waals surface area contributed by atoms with Gasteiger partial charge in [0.1, 0.15) is 5.75 Å². The molecule has 1 saturated heterocycles. The van der Waals surface area contributed by atoms with Crippen molar-refractivity contribution >= 4 is 17.3 Å². The monoisotopic (exact) mass is 255 g/mol. The summed E-state index contributed by atoms with van der Waals surface area (Å²) in [7, 11) is 1.66. The van der Waals surface area contributed by atoms with Gasteiger partial charge >= 0.3 is 0 Å². The lowest BCUT2D eigenvalue weighted by molar-refractivity contribution is 0.0699. The van der Waals surface area contributed by atoms with Crippen molar-refractivity contribution in [1.82, 2.24) is 0 Å². The molecule has 1 aromatic rings. The van der Waals surface area contributed by atoms with Crippen molar-refractivity contribution in [3.8, 4) is 5.75 Å². The lowest BCUT2D eigenvalue weighted by Gasteiger charge is -2.23. The molecule has 1 aliphatic rings. The highest BCUT2D eigenvalue weighted by Crippen LogP contribution is 2.27. The fraction of sp³-hybridized carbons (Fsp3) is 0.538. The predicted octanol–water partition coefficient (Wildman–Crippen LogP) is 3.19. The second-order valence-corrected chi connectivity index (χ2v) is 4.69. The Bertz CT molecular complexity index is 364. The zero-order chi connectivity index (χ0) is 12.1.